The minimum atomic E-state index is -3.47. The molecule has 0 radical (unpaired) electrons. The monoisotopic (exact) mass is 440 g/mol. The predicted octanol–water partition coefficient (Wildman–Crippen LogP) is 4.23. The Morgan fingerprint density at radius 2 is 2.07 bits per heavy atom. The van der Waals surface area contributed by atoms with E-state index >= 15 is 0 Å². The summed E-state index contributed by atoms with van der Waals surface area (Å²) in [7, 11) is -3.47. The van der Waals surface area contributed by atoms with E-state index in [1.165, 1.54) is 17.5 Å². The standard InChI is InChI=1S/C21H20N4O3S2/c1-3-14(2)30(27,28)24-16-7-4-6-15(12-16)18-9-10-22-21-17(13-23-25(18)21)20(26)19-8-5-11-29-19/h4-14,24H,3H2,1-2H3. The fraction of sp³-hybridized carbons (Fsp3) is 0.190. The third kappa shape index (κ3) is 3.73. The number of carbonyl (C=O) groups is 1. The second-order valence-corrected chi connectivity index (χ2v) is 9.92. The van der Waals surface area contributed by atoms with Gasteiger partial charge >= 0.3 is 0 Å². The summed E-state index contributed by atoms with van der Waals surface area (Å²) < 4.78 is 29.1. The molecule has 3 aromatic heterocycles. The van der Waals surface area contributed by atoms with Crippen LogP contribution in [0.1, 0.15) is 35.5 Å². The second kappa shape index (κ2) is 8.00. The quantitative estimate of drug-likeness (QED) is 0.434. The highest BCUT2D eigenvalue weighted by Gasteiger charge is 2.20. The van der Waals surface area contributed by atoms with E-state index in [1.807, 2.05) is 24.4 Å². The van der Waals surface area contributed by atoms with Crippen LogP contribution in [0, 0.1) is 0 Å². The first-order chi connectivity index (χ1) is 14.4. The number of fused-ring (bicyclic) bond motifs is 1. The maximum atomic E-state index is 12.8. The number of aromatic nitrogens is 3. The zero-order valence-electron chi connectivity index (χ0n) is 16.4. The van der Waals surface area contributed by atoms with Crippen molar-refractivity contribution in [3.05, 3.63) is 70.7 Å². The van der Waals surface area contributed by atoms with E-state index < -0.39 is 15.3 Å². The van der Waals surface area contributed by atoms with Crippen molar-refractivity contribution in [1.82, 2.24) is 14.6 Å². The fourth-order valence-electron chi connectivity index (χ4n) is 3.04. The van der Waals surface area contributed by atoms with Crippen LogP contribution in [0.25, 0.3) is 16.9 Å². The van der Waals surface area contributed by atoms with Crippen LogP contribution < -0.4 is 4.72 Å². The lowest BCUT2D eigenvalue weighted by Gasteiger charge is -2.14. The van der Waals surface area contributed by atoms with Gasteiger partial charge in [-0.15, -0.1) is 11.3 Å². The Morgan fingerprint density at radius 1 is 1.23 bits per heavy atom. The molecule has 1 N–H and O–H groups in total. The molecular formula is C21H20N4O3S2. The van der Waals surface area contributed by atoms with Crippen LogP contribution in [0.15, 0.2) is 60.2 Å². The average Bonchev–Trinajstić information content (AvgIpc) is 3.42. The third-order valence-corrected chi connectivity index (χ3v) is 7.70. The minimum Gasteiger partial charge on any atom is -0.287 e. The van der Waals surface area contributed by atoms with Gasteiger partial charge in [-0.2, -0.15) is 5.10 Å². The topological polar surface area (TPSA) is 93.4 Å². The van der Waals surface area contributed by atoms with Crippen molar-refractivity contribution in [3.63, 3.8) is 0 Å². The predicted molar refractivity (Wildman–Crippen MR) is 118 cm³/mol. The van der Waals surface area contributed by atoms with E-state index in [9.17, 15) is 13.2 Å². The largest absolute Gasteiger partial charge is 0.287 e. The molecule has 0 saturated heterocycles. The number of hydrogen-bond donors (Lipinski definition) is 1. The summed E-state index contributed by atoms with van der Waals surface area (Å²) in [5.74, 6) is -0.125. The van der Waals surface area contributed by atoms with Crippen LogP contribution in [0.3, 0.4) is 0 Å². The highest BCUT2D eigenvalue weighted by molar-refractivity contribution is 7.93. The molecule has 1 aromatic carbocycles. The Kier molecular flexibility index (Phi) is 5.40. The van der Waals surface area contributed by atoms with Gasteiger partial charge in [0.05, 0.1) is 27.6 Å². The van der Waals surface area contributed by atoms with E-state index in [-0.39, 0.29) is 5.78 Å². The SMILES string of the molecule is CCC(C)S(=O)(=O)Nc1cccc(-c2ccnc3c(C(=O)c4cccs4)cnn23)c1. The van der Waals surface area contributed by atoms with E-state index in [1.54, 1.807) is 48.0 Å². The van der Waals surface area contributed by atoms with Gasteiger partial charge in [0, 0.05) is 17.4 Å². The summed E-state index contributed by atoms with van der Waals surface area (Å²) in [4.78, 5) is 17.7. The van der Waals surface area contributed by atoms with Gasteiger partial charge < -0.3 is 0 Å². The summed E-state index contributed by atoms with van der Waals surface area (Å²) in [6, 6.07) is 12.5. The fourth-order valence-corrected chi connectivity index (χ4v) is 4.81. The van der Waals surface area contributed by atoms with Crippen molar-refractivity contribution in [2.24, 2.45) is 0 Å². The van der Waals surface area contributed by atoms with Crippen LogP contribution >= 0.6 is 11.3 Å². The third-order valence-electron chi connectivity index (χ3n) is 4.91. The zero-order chi connectivity index (χ0) is 21.3. The lowest BCUT2D eigenvalue weighted by molar-refractivity contribution is 0.104. The maximum Gasteiger partial charge on any atom is 0.235 e. The van der Waals surface area contributed by atoms with Gasteiger partial charge in [-0.3, -0.25) is 9.52 Å². The highest BCUT2D eigenvalue weighted by atomic mass is 32.2. The number of anilines is 1. The first-order valence-electron chi connectivity index (χ1n) is 9.43. The number of hydrogen-bond acceptors (Lipinski definition) is 6. The normalized spacial score (nSPS) is 12.7. The smallest absolute Gasteiger partial charge is 0.235 e. The van der Waals surface area contributed by atoms with Crippen molar-refractivity contribution in [2.75, 3.05) is 4.72 Å². The summed E-state index contributed by atoms with van der Waals surface area (Å²) in [5.41, 5.74) is 2.81. The summed E-state index contributed by atoms with van der Waals surface area (Å²) in [6.07, 6.45) is 3.66. The first-order valence-corrected chi connectivity index (χ1v) is 11.9. The average molecular weight is 441 g/mol. The lowest BCUT2D eigenvalue weighted by Crippen LogP contribution is -2.24. The van der Waals surface area contributed by atoms with Crippen molar-refractivity contribution >= 4 is 38.5 Å². The van der Waals surface area contributed by atoms with Crippen molar-refractivity contribution in [1.29, 1.82) is 0 Å². The lowest BCUT2D eigenvalue weighted by atomic mass is 10.1. The number of thiophene rings is 1. The van der Waals surface area contributed by atoms with Crippen LogP contribution in [0.5, 0.6) is 0 Å². The molecule has 0 spiro atoms. The Labute approximate surface area is 178 Å². The van der Waals surface area contributed by atoms with E-state index in [2.05, 4.69) is 14.8 Å². The molecule has 9 heteroatoms. The molecule has 1 atom stereocenters. The van der Waals surface area contributed by atoms with Crippen molar-refractivity contribution in [3.8, 4) is 11.3 Å². The number of rotatable bonds is 7. The summed E-state index contributed by atoms with van der Waals surface area (Å²) in [5, 5.41) is 5.73. The molecule has 4 rings (SSSR count). The Morgan fingerprint density at radius 3 is 2.80 bits per heavy atom. The summed E-state index contributed by atoms with van der Waals surface area (Å²) in [6.45, 7) is 3.51. The molecule has 30 heavy (non-hydrogen) atoms. The second-order valence-electron chi connectivity index (χ2n) is 6.88. The van der Waals surface area contributed by atoms with E-state index in [0.29, 0.717) is 33.9 Å². The molecule has 3 heterocycles. The molecule has 7 nitrogen and oxygen atoms in total. The van der Waals surface area contributed by atoms with Gasteiger partial charge in [-0.05, 0) is 43.0 Å². The number of ketones is 1. The van der Waals surface area contributed by atoms with E-state index in [0.717, 1.165) is 5.56 Å². The van der Waals surface area contributed by atoms with Gasteiger partial charge in [-0.1, -0.05) is 25.1 Å². The molecule has 0 aliphatic carbocycles. The van der Waals surface area contributed by atoms with Gasteiger partial charge in [0.25, 0.3) is 0 Å². The molecule has 4 aromatic rings. The molecule has 0 amide bonds. The first kappa shape index (κ1) is 20.2. The van der Waals surface area contributed by atoms with Gasteiger partial charge in [0.1, 0.15) is 0 Å². The van der Waals surface area contributed by atoms with Crippen molar-refractivity contribution in [2.45, 2.75) is 25.5 Å². The molecule has 154 valence electrons. The molecule has 0 aliphatic rings. The summed E-state index contributed by atoms with van der Waals surface area (Å²) >= 11 is 1.37. The number of benzene rings is 1. The minimum absolute atomic E-state index is 0.125. The highest BCUT2D eigenvalue weighted by Crippen LogP contribution is 2.26. The zero-order valence-corrected chi connectivity index (χ0v) is 18.1. The molecule has 0 fully saturated rings. The maximum absolute atomic E-state index is 12.8. The van der Waals surface area contributed by atoms with Gasteiger partial charge in [-0.25, -0.2) is 17.9 Å². The van der Waals surface area contributed by atoms with E-state index in [4.69, 9.17) is 0 Å². The molecular weight excluding hydrogens is 420 g/mol. The molecule has 1 unspecified atom stereocenters. The number of nitrogens with zero attached hydrogens (tertiary/aromatic N) is 3. The Hall–Kier alpha value is -3.04. The van der Waals surface area contributed by atoms with Crippen LogP contribution in [-0.2, 0) is 10.0 Å². The Balaban J connectivity index is 1.73. The number of carbonyl (C=O) groups excluding carboxylic acids is 1. The van der Waals surface area contributed by atoms with Gasteiger partial charge in [0.2, 0.25) is 15.8 Å². The van der Waals surface area contributed by atoms with Crippen LogP contribution in [0.2, 0.25) is 0 Å². The molecule has 0 bridgehead atoms. The Bertz CT molecular complexity index is 1310. The number of nitrogens with one attached hydrogen (secondary N) is 1. The number of sulfonamides is 1. The van der Waals surface area contributed by atoms with Crippen LogP contribution in [0.4, 0.5) is 5.69 Å². The van der Waals surface area contributed by atoms with Gasteiger partial charge in [0.15, 0.2) is 5.65 Å². The molecule has 0 aliphatic heterocycles. The van der Waals surface area contributed by atoms with Crippen LogP contribution in [-0.4, -0.2) is 34.0 Å². The molecule has 0 saturated carbocycles. The van der Waals surface area contributed by atoms with Crippen molar-refractivity contribution < 1.29 is 13.2 Å².